The molecule has 0 aliphatic carbocycles. The number of hydrogen-bond donors (Lipinski definition) is 0. The van der Waals surface area contributed by atoms with Gasteiger partial charge in [-0.2, -0.15) is 5.26 Å². The molecule has 0 N–H and O–H groups in total. The van der Waals surface area contributed by atoms with Gasteiger partial charge in [0, 0.05) is 5.33 Å². The molecule has 0 aromatic heterocycles. The predicted octanol–water partition coefficient (Wildman–Crippen LogP) is 4.67. The van der Waals surface area contributed by atoms with Crippen molar-refractivity contribution in [3.63, 3.8) is 0 Å². The Hall–Kier alpha value is -1.59. The smallest absolute Gasteiger partial charge is 0.107 e. The number of nitriles is 1. The molecule has 0 spiro atoms. The fourth-order valence-corrected chi connectivity index (χ4v) is 2.70. The SMILES string of the molecule is N#CC(CCCBr)(c1ccccc1)c1ccccc1. The average molecular weight is 314 g/mol. The lowest BCUT2D eigenvalue weighted by molar-refractivity contribution is 0.586. The number of hydrogen-bond acceptors (Lipinski definition) is 1. The van der Waals surface area contributed by atoms with Crippen molar-refractivity contribution in [1.82, 2.24) is 0 Å². The van der Waals surface area contributed by atoms with E-state index in [-0.39, 0.29) is 0 Å². The molecular formula is C17H16BrN. The molecule has 0 heterocycles. The molecule has 1 nitrogen and oxygen atoms in total. The lowest BCUT2D eigenvalue weighted by Crippen LogP contribution is -2.26. The van der Waals surface area contributed by atoms with Gasteiger partial charge in [-0.1, -0.05) is 76.6 Å². The van der Waals surface area contributed by atoms with Crippen LogP contribution in [0.5, 0.6) is 0 Å². The van der Waals surface area contributed by atoms with E-state index in [4.69, 9.17) is 0 Å². The standard InChI is InChI=1S/C17H16BrN/c18-13-7-12-17(14-19,15-8-3-1-4-9-15)16-10-5-2-6-11-16/h1-6,8-11H,7,12-13H2. The Morgan fingerprint density at radius 2 is 1.37 bits per heavy atom. The van der Waals surface area contributed by atoms with Gasteiger partial charge < -0.3 is 0 Å². The van der Waals surface area contributed by atoms with Gasteiger partial charge in [0.25, 0.3) is 0 Å². The van der Waals surface area contributed by atoms with Crippen molar-refractivity contribution in [2.24, 2.45) is 0 Å². The largest absolute Gasteiger partial charge is 0.197 e. The molecule has 2 rings (SSSR count). The third-order valence-corrected chi connectivity index (χ3v) is 3.97. The van der Waals surface area contributed by atoms with Crippen molar-refractivity contribution < 1.29 is 0 Å². The normalized spacial score (nSPS) is 10.9. The van der Waals surface area contributed by atoms with Crippen molar-refractivity contribution in [2.45, 2.75) is 18.3 Å². The van der Waals surface area contributed by atoms with Crippen LogP contribution in [-0.2, 0) is 5.41 Å². The Morgan fingerprint density at radius 1 is 0.895 bits per heavy atom. The molecular weight excluding hydrogens is 298 g/mol. The number of benzene rings is 2. The summed E-state index contributed by atoms with van der Waals surface area (Å²) >= 11 is 3.47. The zero-order chi connectivity index (χ0) is 13.6. The second-order valence-corrected chi connectivity index (χ2v) is 5.33. The molecule has 0 radical (unpaired) electrons. The Labute approximate surface area is 123 Å². The average Bonchev–Trinajstić information content (AvgIpc) is 2.51. The zero-order valence-corrected chi connectivity index (χ0v) is 12.3. The van der Waals surface area contributed by atoms with E-state index in [1.165, 1.54) is 0 Å². The first-order valence-electron chi connectivity index (χ1n) is 6.42. The summed E-state index contributed by atoms with van der Waals surface area (Å²) in [5.74, 6) is 0. The molecule has 2 heteroatoms. The Bertz CT molecular complexity index is 503. The number of rotatable bonds is 5. The lowest BCUT2D eigenvalue weighted by atomic mass is 9.72. The minimum absolute atomic E-state index is 0.545. The van der Waals surface area contributed by atoms with Crippen LogP contribution in [0.25, 0.3) is 0 Å². The summed E-state index contributed by atoms with van der Waals surface area (Å²) in [7, 11) is 0. The van der Waals surface area contributed by atoms with Crippen LogP contribution in [0.15, 0.2) is 60.7 Å². The van der Waals surface area contributed by atoms with Crippen molar-refractivity contribution >= 4 is 15.9 Å². The fourth-order valence-electron chi connectivity index (χ4n) is 2.42. The molecule has 0 saturated carbocycles. The molecule has 2 aromatic rings. The molecule has 0 amide bonds. The Balaban J connectivity index is 2.53. The van der Waals surface area contributed by atoms with Gasteiger partial charge in [-0.15, -0.1) is 0 Å². The summed E-state index contributed by atoms with van der Waals surface area (Å²) in [5, 5.41) is 10.8. The molecule has 0 unspecified atom stereocenters. The molecule has 0 aliphatic heterocycles. The van der Waals surface area contributed by atoms with Gasteiger partial charge in [0.15, 0.2) is 0 Å². The van der Waals surface area contributed by atoms with Crippen LogP contribution in [0.2, 0.25) is 0 Å². The van der Waals surface area contributed by atoms with Gasteiger partial charge in [-0.25, -0.2) is 0 Å². The van der Waals surface area contributed by atoms with Crippen molar-refractivity contribution in [2.75, 3.05) is 5.33 Å². The Morgan fingerprint density at radius 3 is 1.74 bits per heavy atom. The highest BCUT2D eigenvalue weighted by molar-refractivity contribution is 9.09. The summed E-state index contributed by atoms with van der Waals surface area (Å²) in [6, 6.07) is 22.7. The van der Waals surface area contributed by atoms with Crippen LogP contribution in [-0.4, -0.2) is 5.33 Å². The van der Waals surface area contributed by atoms with E-state index in [1.807, 2.05) is 60.7 Å². The van der Waals surface area contributed by atoms with Crippen LogP contribution < -0.4 is 0 Å². The molecule has 0 atom stereocenters. The van der Waals surface area contributed by atoms with E-state index in [0.717, 1.165) is 29.3 Å². The summed E-state index contributed by atoms with van der Waals surface area (Å²) in [5.41, 5.74) is 1.60. The van der Waals surface area contributed by atoms with E-state index in [9.17, 15) is 5.26 Å². The lowest BCUT2D eigenvalue weighted by Gasteiger charge is -2.27. The maximum Gasteiger partial charge on any atom is 0.107 e. The van der Waals surface area contributed by atoms with Crippen LogP contribution in [0.3, 0.4) is 0 Å². The van der Waals surface area contributed by atoms with Gasteiger partial charge >= 0.3 is 0 Å². The monoisotopic (exact) mass is 313 g/mol. The summed E-state index contributed by atoms with van der Waals surface area (Å²) in [6.45, 7) is 0. The van der Waals surface area contributed by atoms with E-state index in [1.54, 1.807) is 0 Å². The second-order valence-electron chi connectivity index (χ2n) is 4.54. The van der Waals surface area contributed by atoms with Gasteiger partial charge in [0.05, 0.1) is 6.07 Å². The first kappa shape index (κ1) is 13.8. The van der Waals surface area contributed by atoms with Gasteiger partial charge in [-0.05, 0) is 24.0 Å². The van der Waals surface area contributed by atoms with Gasteiger partial charge in [-0.3, -0.25) is 0 Å². The van der Waals surface area contributed by atoms with Gasteiger partial charge in [0.2, 0.25) is 0 Å². The summed E-state index contributed by atoms with van der Waals surface area (Å²) in [4.78, 5) is 0. The highest BCUT2D eigenvalue weighted by Gasteiger charge is 2.33. The zero-order valence-electron chi connectivity index (χ0n) is 10.7. The molecule has 19 heavy (non-hydrogen) atoms. The minimum atomic E-state index is -0.545. The van der Waals surface area contributed by atoms with Crippen LogP contribution in [0.1, 0.15) is 24.0 Å². The van der Waals surface area contributed by atoms with Crippen LogP contribution in [0, 0.1) is 11.3 Å². The first-order valence-corrected chi connectivity index (χ1v) is 7.54. The topological polar surface area (TPSA) is 23.8 Å². The third-order valence-electron chi connectivity index (χ3n) is 3.41. The van der Waals surface area contributed by atoms with E-state index in [2.05, 4.69) is 22.0 Å². The van der Waals surface area contributed by atoms with Crippen LogP contribution in [0.4, 0.5) is 0 Å². The maximum atomic E-state index is 9.84. The van der Waals surface area contributed by atoms with E-state index in [0.29, 0.717) is 0 Å². The quantitative estimate of drug-likeness (QED) is 0.736. The van der Waals surface area contributed by atoms with Crippen molar-refractivity contribution in [3.05, 3.63) is 71.8 Å². The highest BCUT2D eigenvalue weighted by atomic mass is 79.9. The minimum Gasteiger partial charge on any atom is -0.197 e. The fraction of sp³-hybridized carbons (Fsp3) is 0.235. The Kier molecular flexibility index (Phi) is 4.76. The maximum absolute atomic E-state index is 9.84. The summed E-state index contributed by atoms with van der Waals surface area (Å²) in [6.07, 6.45) is 1.79. The van der Waals surface area contributed by atoms with Crippen molar-refractivity contribution in [3.8, 4) is 6.07 Å². The van der Waals surface area contributed by atoms with E-state index < -0.39 is 5.41 Å². The molecule has 0 saturated heterocycles. The summed E-state index contributed by atoms with van der Waals surface area (Å²) < 4.78 is 0. The predicted molar refractivity (Wildman–Crippen MR) is 82.3 cm³/mol. The molecule has 2 aromatic carbocycles. The number of halogens is 1. The van der Waals surface area contributed by atoms with Gasteiger partial charge in [0.1, 0.15) is 5.41 Å². The van der Waals surface area contributed by atoms with E-state index >= 15 is 0 Å². The second kappa shape index (κ2) is 6.54. The number of nitrogens with zero attached hydrogens (tertiary/aromatic N) is 1. The molecule has 0 aliphatic rings. The highest BCUT2D eigenvalue weighted by Crippen LogP contribution is 2.36. The molecule has 0 bridgehead atoms. The third kappa shape index (κ3) is 2.88. The number of alkyl halides is 1. The van der Waals surface area contributed by atoms with Crippen molar-refractivity contribution in [1.29, 1.82) is 5.26 Å². The molecule has 0 fully saturated rings. The van der Waals surface area contributed by atoms with Crippen LogP contribution >= 0.6 is 15.9 Å². The first-order chi connectivity index (χ1) is 9.33. The molecule has 96 valence electrons.